The van der Waals surface area contributed by atoms with E-state index in [2.05, 4.69) is 4.74 Å². The molecule has 0 aromatic heterocycles. The summed E-state index contributed by atoms with van der Waals surface area (Å²) >= 11 is 0. The molecule has 0 atom stereocenters. The van der Waals surface area contributed by atoms with Crippen LogP contribution in [0.5, 0.6) is 0 Å². The minimum Gasteiger partial charge on any atom is -0.465 e. The van der Waals surface area contributed by atoms with Gasteiger partial charge in [0.1, 0.15) is 13.2 Å². The Labute approximate surface area is 250 Å². The van der Waals surface area contributed by atoms with Gasteiger partial charge in [0.2, 0.25) is 0 Å². The molecule has 14 nitrogen and oxygen atoms in total. The summed E-state index contributed by atoms with van der Waals surface area (Å²) in [5.41, 5.74) is 1.49. The first-order valence-corrected chi connectivity index (χ1v) is 13.0. The van der Waals surface area contributed by atoms with E-state index in [1.54, 1.807) is 0 Å². The second-order valence-electron chi connectivity index (χ2n) is 7.66. The molecule has 2 rings (SSSR count). The fraction of sp³-hybridized carbons (Fsp3) is 0.448. The van der Waals surface area contributed by atoms with E-state index in [0.29, 0.717) is 35.5 Å². The van der Waals surface area contributed by atoms with Gasteiger partial charge in [-0.3, -0.25) is 0 Å². The highest BCUT2D eigenvalue weighted by atomic mass is 16.6. The molecule has 43 heavy (non-hydrogen) atoms. The number of esters is 4. The highest BCUT2D eigenvalue weighted by Crippen LogP contribution is 2.08. The standard InChI is InChI=1S/C13H16O5.C12H14O5.2C2H6O2/c1-2-8-17-12(15)10-3-5-11(6-4-10)13(16)18-9-7-14;1-15-7-8-17-12(14)10-5-3-9(4-6-10)11(13)16-2;2*3-1-2-4/h3-6,14H,2,7-9H2,1H3;3-6H,7-8H2,1-2H3;2*3-4H,1-2H2. The summed E-state index contributed by atoms with van der Waals surface area (Å²) in [5.74, 6) is -1.83. The molecule has 0 amide bonds. The van der Waals surface area contributed by atoms with Gasteiger partial charge in [-0.05, 0) is 55.0 Å². The number of methoxy groups -OCH3 is 2. The highest BCUT2D eigenvalue weighted by Gasteiger charge is 2.11. The summed E-state index contributed by atoms with van der Waals surface area (Å²) in [6, 6.07) is 12.0. The van der Waals surface area contributed by atoms with Crippen molar-refractivity contribution in [2.45, 2.75) is 13.3 Å². The SMILES string of the molecule is CCCOC(=O)c1ccc(C(=O)OCCO)cc1.COCCOC(=O)c1ccc(C(=O)OC)cc1.OCCO.OCCO. The van der Waals surface area contributed by atoms with Crippen LogP contribution in [-0.4, -0.2) is 123 Å². The molecule has 0 saturated carbocycles. The first-order chi connectivity index (χ1) is 20.7. The van der Waals surface area contributed by atoms with Crippen molar-refractivity contribution in [1.82, 2.24) is 0 Å². The summed E-state index contributed by atoms with van der Waals surface area (Å²) in [6.45, 7) is 2.08. The van der Waals surface area contributed by atoms with Gasteiger partial charge in [0.05, 0.1) is 75.6 Å². The van der Waals surface area contributed by atoms with Crippen molar-refractivity contribution in [1.29, 1.82) is 0 Å². The summed E-state index contributed by atoms with van der Waals surface area (Å²) < 4.78 is 23.9. The van der Waals surface area contributed by atoms with E-state index < -0.39 is 23.9 Å². The van der Waals surface area contributed by atoms with Gasteiger partial charge < -0.3 is 49.2 Å². The average Bonchev–Trinajstić information content (AvgIpc) is 3.06. The molecule has 0 bridgehead atoms. The fourth-order valence-corrected chi connectivity index (χ4v) is 2.40. The first kappa shape index (κ1) is 41.2. The molecule has 0 radical (unpaired) electrons. The van der Waals surface area contributed by atoms with Crippen molar-refractivity contribution >= 4 is 23.9 Å². The van der Waals surface area contributed by atoms with E-state index in [-0.39, 0.29) is 46.2 Å². The summed E-state index contributed by atoms with van der Waals surface area (Å²) in [6.07, 6.45) is 0.761. The molecule has 0 aliphatic rings. The van der Waals surface area contributed by atoms with E-state index in [1.807, 2.05) is 6.92 Å². The molecule has 242 valence electrons. The van der Waals surface area contributed by atoms with Gasteiger partial charge in [-0.25, -0.2) is 19.2 Å². The van der Waals surface area contributed by atoms with E-state index in [4.69, 9.17) is 44.5 Å². The van der Waals surface area contributed by atoms with Crippen LogP contribution in [0.15, 0.2) is 48.5 Å². The summed E-state index contributed by atoms with van der Waals surface area (Å²) in [4.78, 5) is 45.5. The lowest BCUT2D eigenvalue weighted by atomic mass is 10.1. The third-order valence-electron chi connectivity index (χ3n) is 4.38. The molecule has 0 spiro atoms. The zero-order valence-electron chi connectivity index (χ0n) is 24.6. The van der Waals surface area contributed by atoms with E-state index in [9.17, 15) is 19.2 Å². The quantitative estimate of drug-likeness (QED) is 0.119. The fourth-order valence-electron chi connectivity index (χ4n) is 2.40. The smallest absolute Gasteiger partial charge is 0.338 e. The second kappa shape index (κ2) is 28.2. The number of carbonyl (C=O) groups is 4. The maximum Gasteiger partial charge on any atom is 0.338 e. The number of ether oxygens (including phenoxy) is 5. The van der Waals surface area contributed by atoms with Crippen LogP contribution in [0.2, 0.25) is 0 Å². The van der Waals surface area contributed by atoms with Gasteiger partial charge in [0.15, 0.2) is 0 Å². The Morgan fingerprint density at radius 3 is 1.09 bits per heavy atom. The largest absolute Gasteiger partial charge is 0.465 e. The second-order valence-corrected chi connectivity index (χ2v) is 7.66. The topological polar surface area (TPSA) is 216 Å². The third-order valence-corrected chi connectivity index (χ3v) is 4.38. The van der Waals surface area contributed by atoms with Crippen LogP contribution >= 0.6 is 0 Å². The average molecular weight is 615 g/mol. The predicted octanol–water partition coefficient (Wildman–Crippen LogP) is 0.621. The molecule has 2 aromatic rings. The monoisotopic (exact) mass is 614 g/mol. The molecule has 0 aliphatic heterocycles. The first-order valence-electron chi connectivity index (χ1n) is 13.0. The van der Waals surface area contributed by atoms with Crippen LogP contribution < -0.4 is 0 Å². The molecule has 5 N–H and O–H groups in total. The molecule has 0 unspecified atom stereocenters. The van der Waals surface area contributed by atoms with E-state index in [1.165, 1.54) is 62.8 Å². The van der Waals surface area contributed by atoms with Gasteiger partial charge in [-0.1, -0.05) is 6.92 Å². The Hall–Kier alpha value is -3.92. The zero-order valence-corrected chi connectivity index (χ0v) is 24.6. The lowest BCUT2D eigenvalue weighted by molar-refractivity contribution is 0.0386. The van der Waals surface area contributed by atoms with Crippen LogP contribution in [0.4, 0.5) is 0 Å². The highest BCUT2D eigenvalue weighted by molar-refractivity contribution is 5.94. The Balaban J connectivity index is 0. The number of carbonyl (C=O) groups excluding carboxylic acids is 4. The minimum absolute atomic E-state index is 0.0425. The normalized spacial score (nSPS) is 9.40. The summed E-state index contributed by atoms with van der Waals surface area (Å²) in [5, 5.41) is 39.0. The number of benzene rings is 2. The number of aliphatic hydroxyl groups excluding tert-OH is 5. The molecule has 0 saturated heterocycles. The van der Waals surface area contributed by atoms with Crippen LogP contribution in [0.1, 0.15) is 54.8 Å². The van der Waals surface area contributed by atoms with Gasteiger partial charge in [-0.2, -0.15) is 0 Å². The number of rotatable bonds is 13. The van der Waals surface area contributed by atoms with Gasteiger partial charge in [0.25, 0.3) is 0 Å². The van der Waals surface area contributed by atoms with Crippen LogP contribution in [-0.2, 0) is 23.7 Å². The maximum absolute atomic E-state index is 11.5. The zero-order chi connectivity index (χ0) is 32.9. The molecule has 0 fully saturated rings. The van der Waals surface area contributed by atoms with Crippen molar-refractivity contribution in [3.05, 3.63) is 70.8 Å². The van der Waals surface area contributed by atoms with Crippen LogP contribution in [0.25, 0.3) is 0 Å². The Morgan fingerprint density at radius 1 is 0.488 bits per heavy atom. The number of hydrogen-bond acceptors (Lipinski definition) is 14. The Morgan fingerprint density at radius 2 is 0.814 bits per heavy atom. The van der Waals surface area contributed by atoms with Crippen LogP contribution in [0.3, 0.4) is 0 Å². The lowest BCUT2D eigenvalue weighted by Crippen LogP contribution is -2.10. The van der Waals surface area contributed by atoms with Gasteiger partial charge in [0, 0.05) is 7.11 Å². The number of hydrogen-bond donors (Lipinski definition) is 5. The molecule has 2 aromatic carbocycles. The molecule has 0 heterocycles. The van der Waals surface area contributed by atoms with Crippen molar-refractivity contribution in [2.24, 2.45) is 0 Å². The van der Waals surface area contributed by atoms with Crippen molar-refractivity contribution in [3.8, 4) is 0 Å². The van der Waals surface area contributed by atoms with E-state index in [0.717, 1.165) is 6.42 Å². The minimum atomic E-state index is -0.530. The summed E-state index contributed by atoms with van der Waals surface area (Å²) in [7, 11) is 2.83. The van der Waals surface area contributed by atoms with Crippen molar-refractivity contribution in [2.75, 3.05) is 73.7 Å². The van der Waals surface area contributed by atoms with Gasteiger partial charge in [-0.15, -0.1) is 0 Å². The van der Waals surface area contributed by atoms with Crippen molar-refractivity contribution in [3.63, 3.8) is 0 Å². The van der Waals surface area contributed by atoms with Crippen molar-refractivity contribution < 1.29 is 68.4 Å². The number of aliphatic hydroxyl groups is 5. The predicted molar refractivity (Wildman–Crippen MR) is 153 cm³/mol. The molecular formula is C29H42O14. The van der Waals surface area contributed by atoms with Gasteiger partial charge >= 0.3 is 23.9 Å². The Kier molecular flexibility index (Phi) is 27.0. The molecular weight excluding hydrogens is 572 g/mol. The van der Waals surface area contributed by atoms with Crippen LogP contribution in [0, 0.1) is 0 Å². The lowest BCUT2D eigenvalue weighted by Gasteiger charge is -2.05. The molecule has 14 heteroatoms. The Bertz CT molecular complexity index is 960. The maximum atomic E-state index is 11.5. The molecule has 0 aliphatic carbocycles. The van der Waals surface area contributed by atoms with E-state index >= 15 is 0 Å². The third kappa shape index (κ3) is 20.6.